The van der Waals surface area contributed by atoms with Crippen molar-refractivity contribution in [2.45, 2.75) is 6.54 Å². The molecule has 0 bridgehead atoms. The van der Waals surface area contributed by atoms with Gasteiger partial charge in [0.1, 0.15) is 5.82 Å². The van der Waals surface area contributed by atoms with Crippen LogP contribution in [0.4, 0.5) is 5.82 Å². The lowest BCUT2D eigenvalue weighted by molar-refractivity contribution is 0.766. The largest absolute Gasteiger partial charge is 0.384 e. The first-order valence-corrected chi connectivity index (χ1v) is 5.90. The molecule has 0 fully saturated rings. The molecule has 0 aliphatic carbocycles. The molecule has 0 atom stereocenters. The third kappa shape index (κ3) is 2.18. The number of benzene rings is 1. The molecule has 3 aromatic rings. The zero-order chi connectivity index (χ0) is 13.2. The van der Waals surface area contributed by atoms with Crippen LogP contribution in [0.1, 0.15) is 5.69 Å². The molecule has 1 aromatic carbocycles. The molecule has 0 amide bonds. The van der Waals surface area contributed by atoms with Crippen molar-refractivity contribution < 1.29 is 0 Å². The second-order valence-corrected chi connectivity index (χ2v) is 4.23. The van der Waals surface area contributed by atoms with E-state index < -0.39 is 0 Å². The summed E-state index contributed by atoms with van der Waals surface area (Å²) in [6.45, 7) is 0.382. The molecule has 19 heavy (non-hydrogen) atoms. The fourth-order valence-corrected chi connectivity index (χ4v) is 2.03. The monoisotopic (exact) mass is 252 g/mol. The third-order valence-electron chi connectivity index (χ3n) is 2.90. The van der Waals surface area contributed by atoms with Crippen LogP contribution >= 0.6 is 0 Å². The Labute approximate surface area is 109 Å². The number of rotatable bonds is 2. The van der Waals surface area contributed by atoms with Gasteiger partial charge in [-0.3, -0.25) is 9.36 Å². The summed E-state index contributed by atoms with van der Waals surface area (Å²) in [5.41, 5.74) is 7.82. The van der Waals surface area contributed by atoms with Crippen molar-refractivity contribution in [1.29, 1.82) is 0 Å². The highest BCUT2D eigenvalue weighted by atomic mass is 16.1. The minimum absolute atomic E-state index is 0.150. The zero-order valence-electron chi connectivity index (χ0n) is 10.2. The van der Waals surface area contributed by atoms with Gasteiger partial charge >= 0.3 is 0 Å². The molecule has 2 heterocycles. The Morgan fingerprint density at radius 1 is 1.11 bits per heavy atom. The smallest absolute Gasteiger partial charge is 0.269 e. The van der Waals surface area contributed by atoms with Crippen LogP contribution in [0, 0.1) is 0 Å². The topological polar surface area (TPSA) is 73.8 Å². The van der Waals surface area contributed by atoms with Crippen LogP contribution in [0.2, 0.25) is 0 Å². The number of nitrogens with two attached hydrogens (primary N) is 1. The molecule has 0 aliphatic heterocycles. The van der Waals surface area contributed by atoms with E-state index in [1.807, 2.05) is 36.4 Å². The van der Waals surface area contributed by atoms with E-state index in [-0.39, 0.29) is 5.56 Å². The SMILES string of the molecule is Nc1cccc(Cn2c(=O)cnc3ccccc32)n1. The summed E-state index contributed by atoms with van der Waals surface area (Å²) in [6, 6.07) is 12.9. The lowest BCUT2D eigenvalue weighted by Crippen LogP contribution is -2.21. The number of fused-ring (bicyclic) bond motifs is 1. The highest BCUT2D eigenvalue weighted by Gasteiger charge is 2.05. The van der Waals surface area contributed by atoms with Crippen molar-refractivity contribution in [3.05, 3.63) is 64.7 Å². The zero-order valence-corrected chi connectivity index (χ0v) is 10.2. The second-order valence-electron chi connectivity index (χ2n) is 4.23. The Balaban J connectivity index is 2.14. The molecule has 0 saturated carbocycles. The minimum Gasteiger partial charge on any atom is -0.384 e. The number of nitrogens with zero attached hydrogens (tertiary/aromatic N) is 3. The number of aromatic nitrogens is 3. The first-order chi connectivity index (χ1) is 9.24. The molecule has 0 aliphatic rings. The van der Waals surface area contributed by atoms with Gasteiger partial charge in [-0.1, -0.05) is 18.2 Å². The molecule has 0 spiro atoms. The summed E-state index contributed by atoms with van der Waals surface area (Å²) in [6.07, 6.45) is 1.33. The standard InChI is InChI=1S/C14H12N4O/c15-13-7-3-4-10(17-13)9-18-12-6-2-1-5-11(12)16-8-14(18)19/h1-8H,9H2,(H2,15,17). The van der Waals surface area contributed by atoms with Gasteiger partial charge in [0.05, 0.1) is 29.5 Å². The number of pyridine rings is 1. The van der Waals surface area contributed by atoms with E-state index in [2.05, 4.69) is 9.97 Å². The van der Waals surface area contributed by atoms with E-state index in [1.54, 1.807) is 10.6 Å². The van der Waals surface area contributed by atoms with Gasteiger partial charge in [-0.15, -0.1) is 0 Å². The Kier molecular flexibility index (Phi) is 2.72. The van der Waals surface area contributed by atoms with Gasteiger partial charge in [0.2, 0.25) is 0 Å². The van der Waals surface area contributed by atoms with Gasteiger partial charge in [0, 0.05) is 0 Å². The maximum Gasteiger partial charge on any atom is 0.269 e. The summed E-state index contributed by atoms with van der Waals surface area (Å²) < 4.78 is 1.64. The predicted molar refractivity (Wildman–Crippen MR) is 73.8 cm³/mol. The second kappa shape index (κ2) is 4.53. The molecular weight excluding hydrogens is 240 g/mol. The van der Waals surface area contributed by atoms with E-state index in [0.29, 0.717) is 12.4 Å². The van der Waals surface area contributed by atoms with Gasteiger partial charge in [0.15, 0.2) is 0 Å². The van der Waals surface area contributed by atoms with Gasteiger partial charge in [0.25, 0.3) is 5.56 Å². The van der Waals surface area contributed by atoms with Gasteiger partial charge in [-0.05, 0) is 24.3 Å². The summed E-state index contributed by atoms with van der Waals surface area (Å²) >= 11 is 0. The number of hydrogen-bond acceptors (Lipinski definition) is 4. The van der Waals surface area contributed by atoms with Gasteiger partial charge in [-0.25, -0.2) is 9.97 Å². The van der Waals surface area contributed by atoms with Crippen LogP contribution in [0.3, 0.4) is 0 Å². The Hall–Kier alpha value is -2.69. The average Bonchev–Trinajstić information content (AvgIpc) is 2.42. The van der Waals surface area contributed by atoms with Crippen molar-refractivity contribution in [2.24, 2.45) is 0 Å². The van der Waals surface area contributed by atoms with Crippen LogP contribution < -0.4 is 11.3 Å². The van der Waals surface area contributed by atoms with Crippen LogP contribution in [0.25, 0.3) is 11.0 Å². The maximum atomic E-state index is 12.0. The van der Waals surface area contributed by atoms with E-state index in [9.17, 15) is 4.79 Å². The predicted octanol–water partition coefficient (Wildman–Crippen LogP) is 1.42. The van der Waals surface area contributed by atoms with E-state index in [4.69, 9.17) is 5.73 Å². The Morgan fingerprint density at radius 2 is 1.95 bits per heavy atom. The van der Waals surface area contributed by atoms with Crippen molar-refractivity contribution in [3.63, 3.8) is 0 Å². The van der Waals surface area contributed by atoms with Crippen molar-refractivity contribution >= 4 is 16.9 Å². The summed E-state index contributed by atoms with van der Waals surface area (Å²) in [4.78, 5) is 20.3. The van der Waals surface area contributed by atoms with Crippen LogP contribution in [-0.4, -0.2) is 14.5 Å². The molecule has 94 valence electrons. The Bertz CT molecular complexity index is 795. The average molecular weight is 252 g/mol. The van der Waals surface area contributed by atoms with E-state index >= 15 is 0 Å². The highest BCUT2D eigenvalue weighted by molar-refractivity contribution is 5.74. The van der Waals surface area contributed by atoms with Crippen LogP contribution in [-0.2, 0) is 6.54 Å². The van der Waals surface area contributed by atoms with Crippen molar-refractivity contribution in [1.82, 2.24) is 14.5 Å². The van der Waals surface area contributed by atoms with Crippen molar-refractivity contribution in [2.75, 3.05) is 5.73 Å². The number of para-hydroxylation sites is 2. The number of nitrogen functional groups attached to an aromatic ring is 1. The summed E-state index contributed by atoms with van der Waals surface area (Å²) in [7, 11) is 0. The Morgan fingerprint density at radius 3 is 2.79 bits per heavy atom. The lowest BCUT2D eigenvalue weighted by Gasteiger charge is -2.09. The molecule has 5 nitrogen and oxygen atoms in total. The van der Waals surface area contributed by atoms with E-state index in [1.165, 1.54) is 6.20 Å². The highest BCUT2D eigenvalue weighted by Crippen LogP contribution is 2.10. The third-order valence-corrected chi connectivity index (χ3v) is 2.90. The minimum atomic E-state index is -0.150. The van der Waals surface area contributed by atoms with Gasteiger partial charge < -0.3 is 5.73 Å². The first kappa shape index (κ1) is 11.4. The summed E-state index contributed by atoms with van der Waals surface area (Å²) in [5.74, 6) is 0.448. The van der Waals surface area contributed by atoms with E-state index in [0.717, 1.165) is 16.7 Å². The normalized spacial score (nSPS) is 10.7. The maximum absolute atomic E-state index is 12.0. The molecule has 3 rings (SSSR count). The lowest BCUT2D eigenvalue weighted by atomic mass is 10.2. The van der Waals surface area contributed by atoms with Crippen molar-refractivity contribution in [3.8, 4) is 0 Å². The number of anilines is 1. The van der Waals surface area contributed by atoms with Crippen LogP contribution in [0.15, 0.2) is 53.5 Å². The molecule has 2 aromatic heterocycles. The van der Waals surface area contributed by atoms with Gasteiger partial charge in [-0.2, -0.15) is 0 Å². The molecule has 5 heteroatoms. The molecular formula is C14H12N4O. The quantitative estimate of drug-likeness (QED) is 0.748. The molecule has 0 radical (unpaired) electrons. The summed E-state index contributed by atoms with van der Waals surface area (Å²) in [5, 5.41) is 0. The molecule has 0 saturated heterocycles. The number of hydrogen-bond donors (Lipinski definition) is 1. The molecule has 2 N–H and O–H groups in total. The fraction of sp³-hybridized carbons (Fsp3) is 0.0714. The van der Waals surface area contributed by atoms with Crippen LogP contribution in [0.5, 0.6) is 0 Å². The molecule has 0 unspecified atom stereocenters. The fourth-order valence-electron chi connectivity index (χ4n) is 2.03. The first-order valence-electron chi connectivity index (χ1n) is 5.90.